The van der Waals surface area contributed by atoms with Crippen molar-refractivity contribution < 1.29 is 23.1 Å². The maximum absolute atomic E-state index is 14.9. The van der Waals surface area contributed by atoms with E-state index in [0.717, 1.165) is 17.3 Å². The van der Waals surface area contributed by atoms with E-state index in [1.165, 1.54) is 54.2 Å². The molecule has 3 aromatic rings. The van der Waals surface area contributed by atoms with Crippen LogP contribution in [0.2, 0.25) is 0 Å². The van der Waals surface area contributed by atoms with Crippen LogP contribution in [-0.2, 0) is 20.9 Å². The van der Waals surface area contributed by atoms with Gasteiger partial charge in [0.1, 0.15) is 11.6 Å². The number of amides is 1. The molecule has 0 unspecified atom stereocenters. The first-order valence-electron chi connectivity index (χ1n) is 14.6. The van der Waals surface area contributed by atoms with Crippen LogP contribution < -0.4 is 9.80 Å². The lowest BCUT2D eigenvalue weighted by atomic mass is 10.0. The molecule has 0 radical (unpaired) electrons. The fourth-order valence-corrected chi connectivity index (χ4v) is 5.44. The molecule has 0 spiro atoms. The summed E-state index contributed by atoms with van der Waals surface area (Å²) in [4.78, 5) is 26.2. The van der Waals surface area contributed by atoms with E-state index in [-0.39, 0.29) is 17.8 Å². The SMILES string of the molecule is C1CC2CCC1C2.CC.COC(=O)/C=C/c1cc(F)cc(N(C=O)Cc2ccc(-c3ccc(N(C)C)cc3)cc2F)c1. The average molecular weight is 577 g/mol. The summed E-state index contributed by atoms with van der Waals surface area (Å²) in [5, 5.41) is 0. The number of esters is 1. The number of hydrogen-bond donors (Lipinski definition) is 0. The van der Waals surface area contributed by atoms with Gasteiger partial charge in [0, 0.05) is 37.1 Å². The van der Waals surface area contributed by atoms with E-state index >= 15 is 0 Å². The lowest BCUT2D eigenvalue weighted by Crippen LogP contribution is -2.21. The van der Waals surface area contributed by atoms with Gasteiger partial charge in [0.2, 0.25) is 6.41 Å². The smallest absolute Gasteiger partial charge is 0.330 e. The molecule has 224 valence electrons. The van der Waals surface area contributed by atoms with Gasteiger partial charge in [-0.15, -0.1) is 0 Å². The van der Waals surface area contributed by atoms with Crippen LogP contribution in [0, 0.1) is 23.5 Å². The van der Waals surface area contributed by atoms with E-state index in [1.54, 1.807) is 44.2 Å². The minimum absolute atomic E-state index is 0.0845. The Hall–Kier alpha value is -4.00. The molecule has 0 atom stereocenters. The van der Waals surface area contributed by atoms with Crippen LogP contribution in [0.15, 0.2) is 66.7 Å². The summed E-state index contributed by atoms with van der Waals surface area (Å²) in [7, 11) is 5.12. The topological polar surface area (TPSA) is 49.9 Å². The average Bonchev–Trinajstić information content (AvgIpc) is 3.67. The van der Waals surface area contributed by atoms with Crippen molar-refractivity contribution in [1.29, 1.82) is 0 Å². The monoisotopic (exact) mass is 576 g/mol. The number of ether oxygens (including phenoxy) is 1. The van der Waals surface area contributed by atoms with E-state index in [1.807, 2.05) is 57.1 Å². The van der Waals surface area contributed by atoms with E-state index in [0.29, 0.717) is 17.5 Å². The van der Waals surface area contributed by atoms with Gasteiger partial charge in [-0.3, -0.25) is 4.79 Å². The second-order valence-electron chi connectivity index (χ2n) is 10.7. The second-order valence-corrected chi connectivity index (χ2v) is 10.7. The first-order chi connectivity index (χ1) is 20.2. The largest absolute Gasteiger partial charge is 0.466 e. The molecule has 1 amide bonds. The quantitative estimate of drug-likeness (QED) is 0.154. The molecule has 0 aromatic heterocycles. The Morgan fingerprint density at radius 2 is 1.50 bits per heavy atom. The van der Waals surface area contributed by atoms with E-state index < -0.39 is 17.6 Å². The number of carbonyl (C=O) groups is 2. The number of anilines is 2. The number of benzene rings is 3. The zero-order valence-electron chi connectivity index (χ0n) is 25.3. The van der Waals surface area contributed by atoms with Gasteiger partial charge in [-0.25, -0.2) is 13.6 Å². The maximum atomic E-state index is 14.9. The highest BCUT2D eigenvalue weighted by atomic mass is 19.1. The van der Waals surface area contributed by atoms with Crippen molar-refractivity contribution >= 4 is 29.8 Å². The highest BCUT2D eigenvalue weighted by molar-refractivity contribution is 5.87. The molecule has 2 fully saturated rings. The van der Waals surface area contributed by atoms with Crippen LogP contribution >= 0.6 is 0 Å². The van der Waals surface area contributed by atoms with E-state index in [4.69, 9.17) is 0 Å². The number of fused-ring (bicyclic) bond motifs is 2. The van der Waals surface area contributed by atoms with Gasteiger partial charge in [-0.1, -0.05) is 63.8 Å². The molecule has 2 saturated carbocycles. The Kier molecular flexibility index (Phi) is 12.3. The Morgan fingerprint density at radius 3 is 2.00 bits per heavy atom. The van der Waals surface area contributed by atoms with Crippen molar-refractivity contribution in [2.24, 2.45) is 11.8 Å². The van der Waals surface area contributed by atoms with E-state index in [2.05, 4.69) is 4.74 Å². The van der Waals surface area contributed by atoms with Gasteiger partial charge in [-0.2, -0.15) is 0 Å². The molecule has 2 aliphatic carbocycles. The third kappa shape index (κ3) is 9.00. The molecule has 5 nitrogen and oxygen atoms in total. The Morgan fingerprint density at radius 1 is 0.881 bits per heavy atom. The summed E-state index contributed by atoms with van der Waals surface area (Å²) in [6.45, 7) is 3.92. The van der Waals surface area contributed by atoms with E-state index in [9.17, 15) is 18.4 Å². The van der Waals surface area contributed by atoms with Gasteiger partial charge in [0.25, 0.3) is 0 Å². The molecule has 42 heavy (non-hydrogen) atoms. The number of methoxy groups -OCH3 is 1. The number of carbonyl (C=O) groups excluding carboxylic acids is 2. The molecule has 0 heterocycles. The molecule has 0 N–H and O–H groups in total. The van der Waals surface area contributed by atoms with Crippen molar-refractivity contribution in [2.75, 3.05) is 31.0 Å². The predicted octanol–water partition coefficient (Wildman–Crippen LogP) is 8.27. The minimum Gasteiger partial charge on any atom is -0.466 e. The Labute approximate surface area is 248 Å². The standard InChI is InChI=1S/C26H24F2N2O3.C7H12.C2H6/c1-29(2)23-9-7-19(8-10-23)20-5-6-21(25(28)14-20)16-30(17-31)24-13-18(12-22(27)15-24)4-11-26(32)33-3;1-2-7-4-3-6(1)5-7;1-2/h4-15,17H,16H2,1-3H3;6-7H,1-5H2;1-2H3/b11-4+;;. The van der Waals surface area contributed by atoms with Crippen LogP contribution in [0.5, 0.6) is 0 Å². The predicted molar refractivity (Wildman–Crippen MR) is 167 cm³/mol. The number of hydrogen-bond acceptors (Lipinski definition) is 4. The third-order valence-corrected chi connectivity index (χ3v) is 7.72. The Bertz CT molecular complexity index is 1340. The summed E-state index contributed by atoms with van der Waals surface area (Å²) < 4.78 is 33.5. The molecule has 3 aromatic carbocycles. The molecular weight excluding hydrogens is 534 g/mol. The minimum atomic E-state index is -0.596. The van der Waals surface area contributed by atoms with Gasteiger partial charge < -0.3 is 14.5 Å². The molecule has 7 heteroatoms. The third-order valence-electron chi connectivity index (χ3n) is 7.72. The zero-order chi connectivity index (χ0) is 30.6. The van der Waals surface area contributed by atoms with Crippen molar-refractivity contribution in [3.8, 4) is 11.1 Å². The molecule has 0 saturated heterocycles. The first kappa shape index (κ1) is 32.5. The van der Waals surface area contributed by atoms with Gasteiger partial charge in [0.15, 0.2) is 0 Å². The van der Waals surface area contributed by atoms with Crippen LogP contribution in [0.25, 0.3) is 17.2 Å². The molecule has 2 bridgehead atoms. The Balaban J connectivity index is 0.000000456. The molecular formula is C35H42F2N2O3. The fraction of sp³-hybridized carbons (Fsp3) is 0.371. The summed E-state index contributed by atoms with van der Waals surface area (Å²) in [6.07, 6.45) is 10.9. The van der Waals surface area contributed by atoms with Crippen LogP contribution in [0.3, 0.4) is 0 Å². The summed E-state index contributed by atoms with van der Waals surface area (Å²) >= 11 is 0. The van der Waals surface area contributed by atoms with Gasteiger partial charge in [0.05, 0.1) is 13.7 Å². The van der Waals surface area contributed by atoms with Crippen molar-refractivity contribution in [3.63, 3.8) is 0 Å². The fourth-order valence-electron chi connectivity index (χ4n) is 5.44. The number of halogens is 2. The summed E-state index contributed by atoms with van der Waals surface area (Å²) in [5.41, 5.74) is 3.49. The van der Waals surface area contributed by atoms with Gasteiger partial charge in [-0.05, 0) is 77.4 Å². The van der Waals surface area contributed by atoms with Gasteiger partial charge >= 0.3 is 5.97 Å². The molecule has 0 aliphatic heterocycles. The summed E-state index contributed by atoms with van der Waals surface area (Å²) in [5.74, 6) is 0.681. The zero-order valence-corrected chi connectivity index (χ0v) is 25.3. The van der Waals surface area contributed by atoms with Crippen molar-refractivity contribution in [2.45, 2.75) is 52.5 Å². The highest BCUT2D eigenvalue weighted by Crippen LogP contribution is 2.43. The second kappa shape index (κ2) is 15.9. The highest BCUT2D eigenvalue weighted by Gasteiger charge is 2.30. The lowest BCUT2D eigenvalue weighted by molar-refractivity contribution is -0.134. The maximum Gasteiger partial charge on any atom is 0.330 e. The number of nitrogens with zero attached hydrogens (tertiary/aromatic N) is 2. The van der Waals surface area contributed by atoms with Crippen LogP contribution in [0.4, 0.5) is 20.2 Å². The normalized spacial score (nSPS) is 16.6. The van der Waals surface area contributed by atoms with Crippen LogP contribution in [-0.4, -0.2) is 33.6 Å². The molecule has 2 aliphatic rings. The summed E-state index contributed by atoms with van der Waals surface area (Å²) in [6, 6.07) is 16.4. The lowest BCUT2D eigenvalue weighted by Gasteiger charge is -2.19. The number of rotatable bonds is 8. The van der Waals surface area contributed by atoms with Crippen LogP contribution in [0.1, 0.15) is 57.1 Å². The molecule has 5 rings (SSSR count). The first-order valence-corrected chi connectivity index (χ1v) is 14.6. The van der Waals surface area contributed by atoms with Crippen molar-refractivity contribution in [3.05, 3.63) is 89.5 Å². The van der Waals surface area contributed by atoms with Crippen molar-refractivity contribution in [1.82, 2.24) is 0 Å².